The summed E-state index contributed by atoms with van der Waals surface area (Å²) in [4.78, 5) is 86.8. The number of ether oxygens (including phenoxy) is 4. The predicted octanol–water partition coefficient (Wildman–Crippen LogP) is 9.12. The van der Waals surface area contributed by atoms with E-state index in [0.29, 0.717) is 72.3 Å². The third-order valence-electron chi connectivity index (χ3n) is 10.9. The average molecular weight is 917 g/mol. The van der Waals surface area contributed by atoms with Crippen LogP contribution in [-0.2, 0) is 19.1 Å². The van der Waals surface area contributed by atoms with Crippen molar-refractivity contribution in [3.63, 3.8) is 0 Å². The van der Waals surface area contributed by atoms with Gasteiger partial charge in [0.2, 0.25) is 0 Å². The molecule has 362 valence electrons. The van der Waals surface area contributed by atoms with E-state index in [-0.39, 0.29) is 24.2 Å². The van der Waals surface area contributed by atoms with E-state index in [1.165, 1.54) is 12.4 Å². The number of nitrogens with zero attached hydrogens (tertiary/aromatic N) is 2. The second-order valence-corrected chi connectivity index (χ2v) is 18.6. The standard InChI is InChI=1S/C50H72N6O10/c1-49(2,3)65-47(61)55(29-19-25-51-45(59)43(57)39-33-53-41-31-35(63-7)21-23-37(39)41)27-17-15-13-11-9-10-12-14-16-18-28-56(48(62)66-50(4,5)6)30-20-26-52-46(60)44(58)40-34-54-42-32-36(64-8)22-24-38(40)42/h21-24,31-34,53-54H,9-20,25-30H2,1-8H3,(H,51,59)(H,52,60). The van der Waals surface area contributed by atoms with Gasteiger partial charge in [-0.05, 0) is 91.5 Å². The summed E-state index contributed by atoms with van der Waals surface area (Å²) in [5.74, 6) is -1.38. The Balaban J connectivity index is 1.09. The number of unbranched alkanes of at least 4 members (excludes halogenated alkanes) is 9. The molecule has 0 fully saturated rings. The van der Waals surface area contributed by atoms with Crippen molar-refractivity contribution in [3.05, 3.63) is 59.9 Å². The summed E-state index contributed by atoms with van der Waals surface area (Å²) in [7, 11) is 3.12. The Morgan fingerprint density at radius 1 is 0.500 bits per heavy atom. The summed E-state index contributed by atoms with van der Waals surface area (Å²) in [6, 6.07) is 10.5. The third-order valence-corrected chi connectivity index (χ3v) is 10.9. The molecule has 0 aliphatic rings. The van der Waals surface area contributed by atoms with Gasteiger partial charge in [0.1, 0.15) is 22.7 Å². The van der Waals surface area contributed by atoms with E-state index < -0.39 is 46.8 Å². The van der Waals surface area contributed by atoms with Crippen molar-refractivity contribution >= 4 is 57.4 Å². The normalized spacial score (nSPS) is 11.6. The summed E-state index contributed by atoms with van der Waals surface area (Å²) in [6.45, 7) is 13.3. The van der Waals surface area contributed by atoms with Gasteiger partial charge < -0.3 is 49.3 Å². The minimum Gasteiger partial charge on any atom is -0.497 e. The number of nitrogens with one attached hydrogen (secondary N) is 4. The fourth-order valence-electron chi connectivity index (χ4n) is 7.45. The SMILES string of the molecule is COc1ccc2c(C(=O)C(=O)NCCCN(CCCCCCCCCCCCN(CCCNC(=O)C(=O)c3c[nH]c4cc(OC)ccc34)C(=O)OC(C)(C)C)C(=O)OC(C)(C)C)c[nH]c2c1. The molecule has 66 heavy (non-hydrogen) atoms. The second-order valence-electron chi connectivity index (χ2n) is 18.6. The van der Waals surface area contributed by atoms with Gasteiger partial charge in [-0.25, -0.2) is 9.59 Å². The molecule has 4 N–H and O–H groups in total. The largest absolute Gasteiger partial charge is 0.497 e. The number of carbonyl (C=O) groups excluding carboxylic acids is 6. The lowest BCUT2D eigenvalue weighted by molar-refractivity contribution is -0.117. The van der Waals surface area contributed by atoms with Crippen LogP contribution in [0.4, 0.5) is 9.59 Å². The number of carbonyl (C=O) groups is 6. The molecule has 4 aromatic rings. The number of aromatic nitrogens is 2. The molecule has 0 spiro atoms. The molecule has 2 aromatic heterocycles. The maximum atomic E-state index is 13.0. The van der Waals surface area contributed by atoms with E-state index in [1.807, 2.05) is 41.5 Å². The molecule has 4 amide bonds. The minimum atomic E-state index is -0.700. The van der Waals surface area contributed by atoms with Gasteiger partial charge in [-0.3, -0.25) is 19.2 Å². The number of rotatable bonds is 27. The number of amides is 4. The number of aromatic amines is 2. The van der Waals surface area contributed by atoms with Gasteiger partial charge in [0.05, 0.1) is 25.3 Å². The summed E-state index contributed by atoms with van der Waals surface area (Å²) in [6.07, 6.45) is 13.4. The predicted molar refractivity (Wildman–Crippen MR) is 255 cm³/mol. The molecule has 16 nitrogen and oxygen atoms in total. The van der Waals surface area contributed by atoms with Crippen molar-refractivity contribution in [2.75, 3.05) is 53.5 Å². The first-order chi connectivity index (χ1) is 31.4. The number of H-pyrrole nitrogens is 2. The lowest BCUT2D eigenvalue weighted by Gasteiger charge is -2.27. The van der Waals surface area contributed by atoms with E-state index in [2.05, 4.69) is 20.6 Å². The van der Waals surface area contributed by atoms with Crippen molar-refractivity contribution in [1.82, 2.24) is 30.4 Å². The number of benzene rings is 2. The third kappa shape index (κ3) is 17.1. The number of hydrogen-bond acceptors (Lipinski definition) is 10. The van der Waals surface area contributed by atoms with Gasteiger partial charge in [-0.2, -0.15) is 0 Å². The van der Waals surface area contributed by atoms with Gasteiger partial charge in [0, 0.05) is 85.6 Å². The smallest absolute Gasteiger partial charge is 0.410 e. The molecule has 0 saturated carbocycles. The van der Waals surface area contributed by atoms with Gasteiger partial charge in [-0.15, -0.1) is 0 Å². The lowest BCUT2D eigenvalue weighted by Crippen LogP contribution is -2.39. The highest BCUT2D eigenvalue weighted by Gasteiger charge is 2.25. The quantitative estimate of drug-likeness (QED) is 0.0254. The van der Waals surface area contributed by atoms with Crippen LogP contribution in [0.25, 0.3) is 21.8 Å². The Morgan fingerprint density at radius 3 is 1.17 bits per heavy atom. The first kappa shape index (κ1) is 52.6. The zero-order valence-corrected chi connectivity index (χ0v) is 40.3. The molecule has 2 aromatic carbocycles. The highest BCUT2D eigenvalue weighted by atomic mass is 16.6. The van der Waals surface area contributed by atoms with Crippen LogP contribution in [0.15, 0.2) is 48.8 Å². The van der Waals surface area contributed by atoms with Gasteiger partial charge in [0.15, 0.2) is 0 Å². The van der Waals surface area contributed by atoms with E-state index in [4.69, 9.17) is 18.9 Å². The van der Waals surface area contributed by atoms with Crippen LogP contribution in [0.3, 0.4) is 0 Å². The maximum Gasteiger partial charge on any atom is 0.410 e. The summed E-state index contributed by atoms with van der Waals surface area (Å²) < 4.78 is 21.8. The number of fused-ring (bicyclic) bond motifs is 2. The minimum absolute atomic E-state index is 0.235. The molecule has 2 heterocycles. The zero-order valence-electron chi connectivity index (χ0n) is 40.3. The van der Waals surface area contributed by atoms with Gasteiger partial charge in [-0.1, -0.05) is 51.4 Å². The first-order valence-corrected chi connectivity index (χ1v) is 23.3. The van der Waals surface area contributed by atoms with Crippen LogP contribution >= 0.6 is 0 Å². The second kappa shape index (κ2) is 25.6. The topological polar surface area (TPSA) is 201 Å². The van der Waals surface area contributed by atoms with Crippen LogP contribution in [0.1, 0.15) is 139 Å². The molecule has 0 unspecified atom stereocenters. The maximum absolute atomic E-state index is 13.0. The summed E-state index contributed by atoms with van der Waals surface area (Å²) in [5.41, 5.74) is 0.692. The summed E-state index contributed by atoms with van der Waals surface area (Å²) in [5, 5.41) is 6.69. The number of Topliss-reactive ketones (excluding diaryl/α,β-unsaturated/α-hetero) is 2. The zero-order chi connectivity index (χ0) is 48.3. The van der Waals surface area contributed by atoms with Crippen LogP contribution in [-0.4, -0.2) is 120 Å². The van der Waals surface area contributed by atoms with Gasteiger partial charge >= 0.3 is 12.2 Å². The first-order valence-electron chi connectivity index (χ1n) is 23.3. The number of methoxy groups -OCH3 is 2. The molecule has 0 radical (unpaired) electrons. The van der Waals surface area contributed by atoms with E-state index >= 15 is 0 Å². The molecule has 16 heteroatoms. The van der Waals surface area contributed by atoms with Crippen molar-refractivity contribution < 1.29 is 47.7 Å². The highest BCUT2D eigenvalue weighted by Crippen LogP contribution is 2.25. The molecule has 0 aliphatic carbocycles. The van der Waals surface area contributed by atoms with Crippen molar-refractivity contribution in [2.24, 2.45) is 0 Å². The Kier molecular flexibility index (Phi) is 20.4. The molecular formula is C50H72N6O10. The molecular weight excluding hydrogens is 845 g/mol. The van der Waals surface area contributed by atoms with Crippen LogP contribution < -0.4 is 20.1 Å². The van der Waals surface area contributed by atoms with Crippen LogP contribution in [0.5, 0.6) is 11.5 Å². The molecule has 0 bridgehead atoms. The average Bonchev–Trinajstić information content (AvgIpc) is 3.90. The molecule has 0 atom stereocenters. The van der Waals surface area contributed by atoms with E-state index in [0.717, 1.165) is 64.2 Å². The van der Waals surface area contributed by atoms with Crippen LogP contribution in [0, 0.1) is 0 Å². The Bertz CT molecular complexity index is 2080. The number of ketones is 2. The molecule has 0 aliphatic heterocycles. The van der Waals surface area contributed by atoms with Crippen LogP contribution in [0.2, 0.25) is 0 Å². The van der Waals surface area contributed by atoms with E-state index in [9.17, 15) is 28.8 Å². The molecule has 0 saturated heterocycles. The van der Waals surface area contributed by atoms with E-state index in [1.54, 1.807) is 60.4 Å². The van der Waals surface area contributed by atoms with Crippen molar-refractivity contribution in [3.8, 4) is 11.5 Å². The van der Waals surface area contributed by atoms with Crippen molar-refractivity contribution in [1.29, 1.82) is 0 Å². The van der Waals surface area contributed by atoms with Gasteiger partial charge in [0.25, 0.3) is 23.4 Å². The Labute approximate surface area is 389 Å². The highest BCUT2D eigenvalue weighted by molar-refractivity contribution is 6.45. The fraction of sp³-hybridized carbons (Fsp3) is 0.560. The molecule has 4 rings (SSSR count). The fourth-order valence-corrected chi connectivity index (χ4v) is 7.45. The Morgan fingerprint density at radius 2 is 0.833 bits per heavy atom. The van der Waals surface area contributed by atoms with Crippen molar-refractivity contribution in [2.45, 2.75) is 130 Å². The number of hydrogen-bond donors (Lipinski definition) is 4. The Hall–Kier alpha value is -6.06. The monoisotopic (exact) mass is 917 g/mol. The summed E-state index contributed by atoms with van der Waals surface area (Å²) >= 11 is 0. The lowest BCUT2D eigenvalue weighted by atomic mass is 10.1.